The van der Waals surface area contributed by atoms with Gasteiger partial charge in [-0.25, -0.2) is 0 Å². The van der Waals surface area contributed by atoms with Crippen LogP contribution in [0.15, 0.2) is 24.3 Å². The molecule has 0 unspecified atom stereocenters. The van der Waals surface area contributed by atoms with Crippen molar-refractivity contribution in [3.05, 3.63) is 35.4 Å². The zero-order chi connectivity index (χ0) is 13.5. The van der Waals surface area contributed by atoms with Gasteiger partial charge in [0.05, 0.1) is 6.42 Å². The summed E-state index contributed by atoms with van der Waals surface area (Å²) in [4.78, 5) is 12.0. The van der Waals surface area contributed by atoms with Gasteiger partial charge in [-0.2, -0.15) is 11.8 Å². The molecule has 3 N–H and O–H groups in total. The number of nitrogens with one attached hydrogen (secondary N) is 1. The number of carbonyl (C=O) groups excluding carboxylic acids is 1. The maximum absolute atomic E-state index is 12.0. The first kappa shape index (κ1) is 14.4. The molecule has 0 radical (unpaired) electrons. The summed E-state index contributed by atoms with van der Waals surface area (Å²) in [6.45, 7) is 1.31. The van der Waals surface area contributed by atoms with Crippen molar-refractivity contribution in [2.45, 2.75) is 25.8 Å². The van der Waals surface area contributed by atoms with Gasteiger partial charge in [0.1, 0.15) is 0 Å². The topological polar surface area (TPSA) is 55.1 Å². The van der Waals surface area contributed by atoms with Gasteiger partial charge in [0.2, 0.25) is 5.91 Å². The number of hydrogen-bond acceptors (Lipinski definition) is 3. The third-order valence-electron chi connectivity index (χ3n) is 3.62. The summed E-state index contributed by atoms with van der Waals surface area (Å²) in [7, 11) is 0. The summed E-state index contributed by atoms with van der Waals surface area (Å²) in [6, 6.07) is 7.89. The summed E-state index contributed by atoms with van der Waals surface area (Å²) >= 11 is 2.01. The van der Waals surface area contributed by atoms with Gasteiger partial charge in [-0.05, 0) is 41.4 Å². The van der Waals surface area contributed by atoms with E-state index in [0.29, 0.717) is 18.9 Å². The molecule has 1 saturated heterocycles. The van der Waals surface area contributed by atoms with Crippen LogP contribution < -0.4 is 11.1 Å². The lowest BCUT2D eigenvalue weighted by Gasteiger charge is -2.21. The van der Waals surface area contributed by atoms with Crippen LogP contribution in [0.2, 0.25) is 0 Å². The van der Waals surface area contributed by atoms with Crippen LogP contribution in [0.3, 0.4) is 0 Å². The van der Waals surface area contributed by atoms with E-state index in [1.807, 2.05) is 36.0 Å². The van der Waals surface area contributed by atoms with Crippen molar-refractivity contribution in [3.63, 3.8) is 0 Å². The van der Waals surface area contributed by atoms with E-state index in [1.54, 1.807) is 0 Å². The minimum absolute atomic E-state index is 0.110. The Bertz CT molecular complexity index is 416. The lowest BCUT2D eigenvalue weighted by Crippen LogP contribution is -2.32. The van der Waals surface area contributed by atoms with Crippen LogP contribution in [0.5, 0.6) is 0 Å². The highest BCUT2D eigenvalue weighted by Crippen LogP contribution is 2.21. The molecule has 1 aromatic carbocycles. The highest BCUT2D eigenvalue weighted by molar-refractivity contribution is 7.99. The van der Waals surface area contributed by atoms with Crippen LogP contribution >= 0.6 is 11.8 Å². The molecule has 0 spiro atoms. The number of carbonyl (C=O) groups is 1. The van der Waals surface area contributed by atoms with E-state index in [2.05, 4.69) is 5.32 Å². The van der Waals surface area contributed by atoms with E-state index < -0.39 is 0 Å². The minimum Gasteiger partial charge on any atom is -0.356 e. The van der Waals surface area contributed by atoms with Crippen molar-refractivity contribution in [2.75, 3.05) is 18.1 Å². The Balaban J connectivity index is 1.80. The van der Waals surface area contributed by atoms with Crippen LogP contribution in [-0.2, 0) is 17.8 Å². The summed E-state index contributed by atoms with van der Waals surface area (Å²) in [5, 5.41) is 3.06. The smallest absolute Gasteiger partial charge is 0.224 e. The SMILES string of the molecule is NCc1ccccc1CC(=O)NCC1CCSCC1. The number of nitrogens with two attached hydrogens (primary N) is 1. The lowest BCUT2D eigenvalue weighted by atomic mass is 10.0. The molecular formula is C15H22N2OS. The summed E-state index contributed by atoms with van der Waals surface area (Å²) < 4.78 is 0. The van der Waals surface area contributed by atoms with Crippen molar-refractivity contribution in [1.82, 2.24) is 5.32 Å². The normalized spacial score (nSPS) is 16.3. The van der Waals surface area contributed by atoms with E-state index in [0.717, 1.165) is 17.7 Å². The molecule has 1 heterocycles. The number of thioether (sulfide) groups is 1. The second kappa shape index (κ2) is 7.56. The predicted octanol–water partition coefficient (Wildman–Crippen LogP) is 1.95. The zero-order valence-electron chi connectivity index (χ0n) is 11.2. The number of hydrogen-bond donors (Lipinski definition) is 2. The van der Waals surface area contributed by atoms with Crippen LogP contribution in [-0.4, -0.2) is 24.0 Å². The Morgan fingerprint density at radius 2 is 1.95 bits per heavy atom. The molecular weight excluding hydrogens is 256 g/mol. The molecule has 1 aliphatic heterocycles. The van der Waals surface area contributed by atoms with Crippen LogP contribution in [0.1, 0.15) is 24.0 Å². The minimum atomic E-state index is 0.110. The van der Waals surface area contributed by atoms with Crippen molar-refractivity contribution < 1.29 is 4.79 Å². The van der Waals surface area contributed by atoms with E-state index in [1.165, 1.54) is 24.3 Å². The van der Waals surface area contributed by atoms with Crippen molar-refractivity contribution in [2.24, 2.45) is 11.7 Å². The van der Waals surface area contributed by atoms with Crippen molar-refractivity contribution in [3.8, 4) is 0 Å². The average Bonchev–Trinajstić information content (AvgIpc) is 2.47. The standard InChI is InChI=1S/C15H22N2OS/c16-10-14-4-2-1-3-13(14)9-15(18)17-11-12-5-7-19-8-6-12/h1-4,12H,5-11,16H2,(H,17,18). The van der Waals surface area contributed by atoms with E-state index in [4.69, 9.17) is 5.73 Å². The number of benzene rings is 1. The molecule has 0 bridgehead atoms. The van der Waals surface area contributed by atoms with E-state index in [-0.39, 0.29) is 5.91 Å². The fourth-order valence-corrected chi connectivity index (χ4v) is 3.58. The van der Waals surface area contributed by atoms with Crippen LogP contribution in [0.4, 0.5) is 0 Å². The Kier molecular flexibility index (Phi) is 5.73. The van der Waals surface area contributed by atoms with E-state index >= 15 is 0 Å². The first-order chi connectivity index (χ1) is 9.29. The molecule has 1 aliphatic rings. The van der Waals surface area contributed by atoms with Gasteiger partial charge in [0, 0.05) is 13.1 Å². The molecule has 1 amide bonds. The highest BCUT2D eigenvalue weighted by atomic mass is 32.2. The lowest BCUT2D eigenvalue weighted by molar-refractivity contribution is -0.120. The molecule has 0 aliphatic carbocycles. The second-order valence-electron chi connectivity index (χ2n) is 5.01. The van der Waals surface area contributed by atoms with Crippen molar-refractivity contribution >= 4 is 17.7 Å². The fraction of sp³-hybridized carbons (Fsp3) is 0.533. The Labute approximate surface area is 119 Å². The van der Waals surface area contributed by atoms with Gasteiger partial charge < -0.3 is 11.1 Å². The Morgan fingerprint density at radius 1 is 1.26 bits per heavy atom. The Hall–Kier alpha value is -1.00. The van der Waals surface area contributed by atoms with Gasteiger partial charge >= 0.3 is 0 Å². The molecule has 3 nitrogen and oxygen atoms in total. The summed E-state index contributed by atoms with van der Waals surface area (Å²) in [5.41, 5.74) is 7.79. The van der Waals surface area contributed by atoms with Gasteiger partial charge in [-0.3, -0.25) is 4.79 Å². The molecule has 1 aromatic rings. The highest BCUT2D eigenvalue weighted by Gasteiger charge is 2.15. The molecule has 4 heteroatoms. The first-order valence-corrected chi connectivity index (χ1v) is 8.06. The maximum Gasteiger partial charge on any atom is 0.224 e. The van der Waals surface area contributed by atoms with Gasteiger partial charge in [0.15, 0.2) is 0 Å². The molecule has 2 rings (SSSR count). The average molecular weight is 278 g/mol. The van der Waals surface area contributed by atoms with E-state index in [9.17, 15) is 4.79 Å². The maximum atomic E-state index is 12.0. The van der Waals surface area contributed by atoms with Gasteiger partial charge in [-0.1, -0.05) is 24.3 Å². The second-order valence-corrected chi connectivity index (χ2v) is 6.23. The summed E-state index contributed by atoms with van der Waals surface area (Å²) in [6.07, 6.45) is 2.89. The largest absolute Gasteiger partial charge is 0.356 e. The van der Waals surface area contributed by atoms with Gasteiger partial charge in [-0.15, -0.1) is 0 Å². The molecule has 0 atom stereocenters. The third-order valence-corrected chi connectivity index (χ3v) is 4.67. The summed E-state index contributed by atoms with van der Waals surface area (Å²) in [5.74, 6) is 3.24. The van der Waals surface area contributed by atoms with Gasteiger partial charge in [0.25, 0.3) is 0 Å². The Morgan fingerprint density at radius 3 is 2.63 bits per heavy atom. The fourth-order valence-electron chi connectivity index (χ4n) is 2.37. The molecule has 19 heavy (non-hydrogen) atoms. The monoisotopic (exact) mass is 278 g/mol. The number of rotatable bonds is 5. The molecule has 0 saturated carbocycles. The van der Waals surface area contributed by atoms with Crippen LogP contribution in [0.25, 0.3) is 0 Å². The third kappa shape index (κ3) is 4.55. The first-order valence-electron chi connectivity index (χ1n) is 6.91. The zero-order valence-corrected chi connectivity index (χ0v) is 12.0. The van der Waals surface area contributed by atoms with Crippen molar-refractivity contribution in [1.29, 1.82) is 0 Å². The molecule has 104 valence electrons. The predicted molar refractivity (Wildman–Crippen MR) is 81.1 cm³/mol. The molecule has 0 aromatic heterocycles. The van der Waals surface area contributed by atoms with Crippen LogP contribution in [0, 0.1) is 5.92 Å². The quantitative estimate of drug-likeness (QED) is 0.865. The number of amides is 1. The molecule has 1 fully saturated rings.